The normalized spacial score (nSPS) is 22.2. The fourth-order valence-electron chi connectivity index (χ4n) is 2.32. The van der Waals surface area contributed by atoms with Crippen LogP contribution in [0, 0.1) is 18.8 Å². The van der Waals surface area contributed by atoms with Gasteiger partial charge in [-0.05, 0) is 19.8 Å². The van der Waals surface area contributed by atoms with E-state index >= 15 is 0 Å². The molecule has 0 aromatic carbocycles. The second-order valence-corrected chi connectivity index (χ2v) is 4.79. The van der Waals surface area contributed by atoms with E-state index in [9.17, 15) is 9.59 Å². The molecule has 1 heterocycles. The zero-order chi connectivity index (χ0) is 14.0. The van der Waals surface area contributed by atoms with E-state index in [2.05, 4.69) is 10.4 Å². The Kier molecular flexibility index (Phi) is 3.69. The number of hydrogen-bond acceptors (Lipinski definition) is 3. The molecule has 0 radical (unpaired) electrons. The van der Waals surface area contributed by atoms with Gasteiger partial charge in [0, 0.05) is 13.2 Å². The average molecular weight is 263 g/mol. The number of rotatable bonds is 3. The molecule has 2 unspecified atom stereocenters. The second kappa shape index (κ2) is 5.26. The Morgan fingerprint density at radius 2 is 2.00 bits per heavy atom. The Labute approximate surface area is 111 Å². The minimum Gasteiger partial charge on any atom is -0.481 e. The Balaban J connectivity index is 2.12. The van der Waals surface area contributed by atoms with E-state index in [4.69, 9.17) is 5.11 Å². The molecule has 0 aliphatic heterocycles. The quantitative estimate of drug-likeness (QED) is 0.806. The predicted molar refractivity (Wildman–Crippen MR) is 69.6 cm³/mol. The maximum atomic E-state index is 12.2. The van der Waals surface area contributed by atoms with Crippen LogP contribution in [0.4, 0.5) is 5.69 Å². The summed E-state index contributed by atoms with van der Waals surface area (Å²) in [7, 11) is 1.77. The number of nitrogens with zero attached hydrogens (tertiary/aromatic N) is 2. The molecule has 1 aromatic heterocycles. The van der Waals surface area contributed by atoms with Gasteiger partial charge in [0.15, 0.2) is 0 Å². The third-order valence-corrected chi connectivity index (χ3v) is 3.36. The summed E-state index contributed by atoms with van der Waals surface area (Å²) in [5, 5.41) is 16.1. The zero-order valence-corrected chi connectivity index (χ0v) is 11.0. The Morgan fingerprint density at radius 3 is 2.53 bits per heavy atom. The number of allylic oxidation sites excluding steroid dienone is 2. The highest BCUT2D eigenvalue weighted by molar-refractivity contribution is 5.95. The molecule has 102 valence electrons. The highest BCUT2D eigenvalue weighted by Crippen LogP contribution is 2.27. The molecule has 0 spiro atoms. The molecule has 0 saturated carbocycles. The van der Waals surface area contributed by atoms with Crippen LogP contribution in [0.3, 0.4) is 0 Å². The molecule has 1 aromatic rings. The van der Waals surface area contributed by atoms with Crippen molar-refractivity contribution in [1.82, 2.24) is 9.78 Å². The minimum absolute atomic E-state index is 0.257. The number of aryl methyl sites for hydroxylation is 2. The summed E-state index contributed by atoms with van der Waals surface area (Å²) in [4.78, 5) is 23.4. The van der Waals surface area contributed by atoms with Gasteiger partial charge in [0.25, 0.3) is 0 Å². The first-order valence-corrected chi connectivity index (χ1v) is 6.18. The van der Waals surface area contributed by atoms with Gasteiger partial charge in [-0.3, -0.25) is 14.3 Å². The molecular formula is C13H17N3O3. The molecular weight excluding hydrogens is 246 g/mol. The smallest absolute Gasteiger partial charge is 0.307 e. The Bertz CT molecular complexity index is 533. The van der Waals surface area contributed by atoms with Crippen molar-refractivity contribution in [2.75, 3.05) is 5.32 Å². The number of carbonyl (C=O) groups is 2. The first-order valence-electron chi connectivity index (χ1n) is 6.18. The Morgan fingerprint density at radius 1 is 1.37 bits per heavy atom. The maximum Gasteiger partial charge on any atom is 0.307 e. The number of aliphatic carboxylic acids is 1. The van der Waals surface area contributed by atoms with E-state index < -0.39 is 17.8 Å². The number of nitrogens with one attached hydrogen (secondary N) is 1. The van der Waals surface area contributed by atoms with Crippen molar-refractivity contribution in [2.45, 2.75) is 19.8 Å². The predicted octanol–water partition coefficient (Wildman–Crippen LogP) is 1.33. The standard InChI is InChI=1S/C13H17N3O3/c1-8-11(7-16(2)15-8)14-12(17)9-5-3-4-6-10(9)13(18)19/h3-4,7,9-10H,5-6H2,1-2H3,(H,14,17)(H,18,19). The monoisotopic (exact) mass is 263 g/mol. The SMILES string of the molecule is Cc1nn(C)cc1NC(=O)C1CC=CCC1C(=O)O. The summed E-state index contributed by atoms with van der Waals surface area (Å²) in [6.07, 6.45) is 6.25. The summed E-state index contributed by atoms with van der Waals surface area (Å²) >= 11 is 0. The maximum absolute atomic E-state index is 12.2. The van der Waals surface area contributed by atoms with Crippen LogP contribution in [0.25, 0.3) is 0 Å². The lowest BCUT2D eigenvalue weighted by Gasteiger charge is -2.24. The van der Waals surface area contributed by atoms with Crippen LogP contribution in [-0.4, -0.2) is 26.8 Å². The first-order chi connectivity index (χ1) is 8.99. The van der Waals surface area contributed by atoms with E-state index in [1.165, 1.54) is 0 Å². The molecule has 2 rings (SSSR count). The fourth-order valence-corrected chi connectivity index (χ4v) is 2.32. The van der Waals surface area contributed by atoms with Crippen LogP contribution in [0.15, 0.2) is 18.3 Å². The summed E-state index contributed by atoms with van der Waals surface area (Å²) in [5.74, 6) is -2.36. The molecule has 1 aliphatic carbocycles. The third-order valence-electron chi connectivity index (χ3n) is 3.36. The van der Waals surface area contributed by atoms with Crippen molar-refractivity contribution in [3.8, 4) is 0 Å². The summed E-state index contributed by atoms with van der Waals surface area (Å²) < 4.78 is 1.61. The number of hydrogen-bond donors (Lipinski definition) is 2. The van der Waals surface area contributed by atoms with E-state index in [1.54, 1.807) is 24.9 Å². The molecule has 0 saturated heterocycles. The number of amides is 1. The lowest BCUT2D eigenvalue weighted by Crippen LogP contribution is -2.34. The minimum atomic E-state index is -0.924. The van der Waals surface area contributed by atoms with Gasteiger partial charge in [0.2, 0.25) is 5.91 Å². The number of carbonyl (C=O) groups excluding carboxylic acids is 1. The highest BCUT2D eigenvalue weighted by atomic mass is 16.4. The van der Waals surface area contributed by atoms with Gasteiger partial charge in [0.05, 0.1) is 23.2 Å². The van der Waals surface area contributed by atoms with E-state index in [1.807, 2.05) is 12.2 Å². The van der Waals surface area contributed by atoms with Crippen molar-refractivity contribution in [3.05, 3.63) is 24.0 Å². The molecule has 0 fully saturated rings. The van der Waals surface area contributed by atoms with E-state index in [-0.39, 0.29) is 5.91 Å². The lowest BCUT2D eigenvalue weighted by atomic mass is 9.82. The second-order valence-electron chi connectivity index (χ2n) is 4.79. The van der Waals surface area contributed by atoms with Crippen molar-refractivity contribution in [1.29, 1.82) is 0 Å². The zero-order valence-electron chi connectivity index (χ0n) is 11.0. The van der Waals surface area contributed by atoms with Crippen LogP contribution in [-0.2, 0) is 16.6 Å². The average Bonchev–Trinajstić information content (AvgIpc) is 2.67. The van der Waals surface area contributed by atoms with E-state index in [0.29, 0.717) is 24.2 Å². The van der Waals surface area contributed by atoms with E-state index in [0.717, 1.165) is 0 Å². The molecule has 2 N–H and O–H groups in total. The van der Waals surface area contributed by atoms with Gasteiger partial charge in [-0.2, -0.15) is 5.10 Å². The number of aromatic nitrogens is 2. The highest BCUT2D eigenvalue weighted by Gasteiger charge is 2.34. The van der Waals surface area contributed by atoms with Gasteiger partial charge in [-0.1, -0.05) is 12.2 Å². The fraction of sp³-hybridized carbons (Fsp3) is 0.462. The van der Waals surface area contributed by atoms with Crippen molar-refractivity contribution in [3.63, 3.8) is 0 Å². The first kappa shape index (κ1) is 13.3. The number of anilines is 1. The third kappa shape index (κ3) is 2.83. The lowest BCUT2D eigenvalue weighted by molar-refractivity contribution is -0.146. The number of carboxylic acid groups (broad SMARTS) is 1. The Hall–Kier alpha value is -2.11. The molecule has 1 amide bonds. The van der Waals surface area contributed by atoms with Crippen molar-refractivity contribution < 1.29 is 14.7 Å². The molecule has 1 aliphatic rings. The van der Waals surface area contributed by atoms with Gasteiger partial charge in [-0.15, -0.1) is 0 Å². The van der Waals surface area contributed by atoms with Crippen molar-refractivity contribution in [2.24, 2.45) is 18.9 Å². The van der Waals surface area contributed by atoms with Crippen LogP contribution >= 0.6 is 0 Å². The van der Waals surface area contributed by atoms with Gasteiger partial charge < -0.3 is 10.4 Å². The van der Waals surface area contributed by atoms with Gasteiger partial charge >= 0.3 is 5.97 Å². The summed E-state index contributed by atoms with van der Waals surface area (Å²) in [6.45, 7) is 1.80. The van der Waals surface area contributed by atoms with Crippen LogP contribution in [0.1, 0.15) is 18.5 Å². The summed E-state index contributed by atoms with van der Waals surface area (Å²) in [6, 6.07) is 0. The largest absolute Gasteiger partial charge is 0.481 e. The molecule has 6 nitrogen and oxygen atoms in total. The molecule has 19 heavy (non-hydrogen) atoms. The number of carboxylic acids is 1. The van der Waals surface area contributed by atoms with Gasteiger partial charge in [0.1, 0.15) is 0 Å². The molecule has 0 bridgehead atoms. The topological polar surface area (TPSA) is 84.2 Å². The van der Waals surface area contributed by atoms with Crippen LogP contribution < -0.4 is 5.32 Å². The van der Waals surface area contributed by atoms with Crippen LogP contribution in [0.5, 0.6) is 0 Å². The molecule has 6 heteroatoms. The van der Waals surface area contributed by atoms with Crippen LogP contribution in [0.2, 0.25) is 0 Å². The van der Waals surface area contributed by atoms with Gasteiger partial charge in [-0.25, -0.2) is 0 Å². The summed E-state index contributed by atoms with van der Waals surface area (Å²) in [5.41, 5.74) is 1.35. The van der Waals surface area contributed by atoms with Crippen molar-refractivity contribution >= 4 is 17.6 Å². The molecule has 2 atom stereocenters.